The first-order chi connectivity index (χ1) is 13.9. The summed E-state index contributed by atoms with van der Waals surface area (Å²) in [5.74, 6) is 0.387. The van der Waals surface area contributed by atoms with Crippen LogP contribution in [0.2, 0.25) is 5.02 Å². The third kappa shape index (κ3) is 6.93. The van der Waals surface area contributed by atoms with E-state index in [9.17, 15) is 16.8 Å². The number of hydrogen-bond acceptors (Lipinski definition) is 4. The van der Waals surface area contributed by atoms with Crippen molar-refractivity contribution in [2.45, 2.75) is 75.6 Å². The van der Waals surface area contributed by atoms with Crippen LogP contribution in [0.1, 0.15) is 59.8 Å². The maximum atomic E-state index is 13.0. The molecule has 1 aromatic carbocycles. The van der Waals surface area contributed by atoms with Crippen molar-refractivity contribution < 1.29 is 16.8 Å². The molecule has 2 unspecified atom stereocenters. The van der Waals surface area contributed by atoms with Crippen molar-refractivity contribution in [1.29, 1.82) is 0 Å². The molecule has 170 valence electrons. The lowest BCUT2D eigenvalue weighted by Crippen LogP contribution is -2.43. The highest BCUT2D eigenvalue weighted by atomic mass is 35.5. The normalized spacial score (nSPS) is 22.3. The summed E-state index contributed by atoms with van der Waals surface area (Å²) in [4.78, 5) is -0.478. The van der Waals surface area contributed by atoms with Crippen LogP contribution >= 0.6 is 11.6 Å². The zero-order chi connectivity index (χ0) is 22.6. The molecule has 0 aliphatic heterocycles. The fourth-order valence-corrected chi connectivity index (χ4v) is 6.77. The van der Waals surface area contributed by atoms with Gasteiger partial charge in [0, 0.05) is 12.6 Å². The molecule has 0 saturated heterocycles. The molecule has 7 nitrogen and oxygen atoms in total. The second-order valence-corrected chi connectivity index (χ2v) is 12.6. The Morgan fingerprint density at radius 1 is 1.23 bits per heavy atom. The topological polar surface area (TPSA) is 105 Å². The van der Waals surface area contributed by atoms with Crippen LogP contribution in [0.25, 0.3) is 0 Å². The molecule has 0 bridgehead atoms. The Morgan fingerprint density at radius 2 is 1.93 bits per heavy atom. The highest BCUT2D eigenvalue weighted by Gasteiger charge is 2.35. The van der Waals surface area contributed by atoms with E-state index in [-0.39, 0.29) is 26.3 Å². The lowest BCUT2D eigenvalue weighted by Gasteiger charge is -2.39. The number of hydrogen-bond donors (Lipinski definition) is 2. The molecule has 2 rings (SSSR count). The van der Waals surface area contributed by atoms with Gasteiger partial charge in [0.05, 0.1) is 9.92 Å². The molecule has 2 N–H and O–H groups in total. The minimum absolute atomic E-state index is 0.0271. The molecule has 10 heteroatoms. The molecule has 0 heterocycles. The Bertz CT molecular complexity index is 976. The Kier molecular flexibility index (Phi) is 8.35. The summed E-state index contributed by atoms with van der Waals surface area (Å²) in [7, 11) is -8.04. The molecular formula is C20H32ClN3O4S2. The van der Waals surface area contributed by atoms with E-state index < -0.39 is 20.0 Å². The van der Waals surface area contributed by atoms with Gasteiger partial charge >= 0.3 is 0 Å². The van der Waals surface area contributed by atoms with E-state index in [1.807, 2.05) is 6.92 Å². The lowest BCUT2D eigenvalue weighted by molar-refractivity contribution is 0.163. The summed E-state index contributed by atoms with van der Waals surface area (Å²) < 4.78 is 57.3. The lowest BCUT2D eigenvalue weighted by atomic mass is 9.71. The average Bonchev–Trinajstić information content (AvgIpc) is 2.59. The summed E-state index contributed by atoms with van der Waals surface area (Å²) in [5.41, 5.74) is 0.0271. The molecule has 1 aliphatic rings. The average molecular weight is 478 g/mol. The molecule has 2 atom stereocenters. The van der Waals surface area contributed by atoms with Crippen LogP contribution in [0, 0.1) is 11.3 Å². The zero-order valence-electron chi connectivity index (χ0n) is 18.0. The third-order valence-corrected chi connectivity index (χ3v) is 8.39. The van der Waals surface area contributed by atoms with E-state index in [2.05, 4.69) is 35.2 Å². The van der Waals surface area contributed by atoms with Crippen LogP contribution in [0.5, 0.6) is 0 Å². The fraction of sp³-hybridized carbons (Fsp3) is 0.650. The van der Waals surface area contributed by atoms with Gasteiger partial charge in [-0.15, -0.1) is 4.40 Å². The first kappa shape index (κ1) is 25.1. The molecule has 0 radical (unpaired) electrons. The van der Waals surface area contributed by atoms with Gasteiger partial charge in [0.25, 0.3) is 10.0 Å². The number of nitrogens with zero attached hydrogens (tertiary/aromatic N) is 1. The highest BCUT2D eigenvalue weighted by molar-refractivity contribution is 7.90. The van der Waals surface area contributed by atoms with Crippen LogP contribution in [0.4, 0.5) is 0 Å². The predicted octanol–water partition coefficient (Wildman–Crippen LogP) is 3.94. The predicted molar refractivity (Wildman–Crippen MR) is 121 cm³/mol. The zero-order valence-corrected chi connectivity index (χ0v) is 20.4. The quantitative estimate of drug-likeness (QED) is 0.318. The van der Waals surface area contributed by atoms with E-state index in [0.717, 1.165) is 38.1 Å². The number of halogens is 1. The summed E-state index contributed by atoms with van der Waals surface area (Å²) in [6.07, 6.45) is 5.45. The molecule has 0 amide bonds. The van der Waals surface area contributed by atoms with Gasteiger partial charge in [-0.1, -0.05) is 45.7 Å². The summed E-state index contributed by atoms with van der Waals surface area (Å²) >= 11 is 6.13. The summed E-state index contributed by atoms with van der Waals surface area (Å²) in [6.45, 7) is 8.98. The fourth-order valence-electron chi connectivity index (χ4n) is 4.08. The van der Waals surface area contributed by atoms with Crippen molar-refractivity contribution in [2.75, 3.05) is 6.54 Å². The number of benzene rings is 1. The molecular weight excluding hydrogens is 446 g/mol. The van der Waals surface area contributed by atoms with Crippen LogP contribution in [-0.2, 0) is 20.0 Å². The monoisotopic (exact) mass is 477 g/mol. The van der Waals surface area contributed by atoms with Crippen molar-refractivity contribution in [1.82, 2.24) is 10.0 Å². The second-order valence-electron chi connectivity index (χ2n) is 8.84. The molecule has 1 saturated carbocycles. The largest absolute Gasteiger partial charge is 0.375 e. The maximum Gasteiger partial charge on any atom is 0.283 e. The van der Waals surface area contributed by atoms with E-state index in [0.29, 0.717) is 18.9 Å². The van der Waals surface area contributed by atoms with Gasteiger partial charge in [-0.05, 0) is 55.2 Å². The van der Waals surface area contributed by atoms with E-state index >= 15 is 0 Å². The van der Waals surface area contributed by atoms with Gasteiger partial charge in [0.15, 0.2) is 0 Å². The van der Waals surface area contributed by atoms with Crippen molar-refractivity contribution in [3.63, 3.8) is 0 Å². The SMILES string of the molecule is CCCCN/C=N\S(=O)(=O)c1ccc(Cl)c(S(=O)(=O)NC2CC(C)CC(C)(C)C2)c1. The van der Waals surface area contributed by atoms with Crippen LogP contribution in [-0.4, -0.2) is 35.8 Å². The van der Waals surface area contributed by atoms with Crippen molar-refractivity contribution in [3.8, 4) is 0 Å². The van der Waals surface area contributed by atoms with Crippen LogP contribution < -0.4 is 10.0 Å². The van der Waals surface area contributed by atoms with Gasteiger partial charge in [0.1, 0.15) is 11.2 Å². The number of rotatable bonds is 9. The smallest absolute Gasteiger partial charge is 0.283 e. The minimum atomic E-state index is -4.05. The molecule has 1 aliphatic carbocycles. The molecule has 0 spiro atoms. The number of unbranched alkanes of at least 4 members (excludes halogenated alkanes) is 1. The van der Waals surface area contributed by atoms with E-state index in [4.69, 9.17) is 11.6 Å². The van der Waals surface area contributed by atoms with Crippen molar-refractivity contribution >= 4 is 38.0 Å². The Hall–Kier alpha value is -1.16. The van der Waals surface area contributed by atoms with Crippen LogP contribution in [0.3, 0.4) is 0 Å². The van der Waals surface area contributed by atoms with Crippen LogP contribution in [0.15, 0.2) is 32.4 Å². The summed E-state index contributed by atoms with van der Waals surface area (Å²) in [5, 5.41) is 2.77. The molecule has 1 fully saturated rings. The van der Waals surface area contributed by atoms with Gasteiger partial charge in [0.2, 0.25) is 10.0 Å². The molecule has 30 heavy (non-hydrogen) atoms. The van der Waals surface area contributed by atoms with Gasteiger partial charge in [-0.3, -0.25) is 0 Å². The Morgan fingerprint density at radius 3 is 2.57 bits per heavy atom. The molecule has 1 aromatic rings. The van der Waals surface area contributed by atoms with Gasteiger partial charge < -0.3 is 5.32 Å². The first-order valence-corrected chi connectivity index (χ1v) is 13.5. The summed E-state index contributed by atoms with van der Waals surface area (Å²) in [6, 6.07) is 3.37. The van der Waals surface area contributed by atoms with E-state index in [1.165, 1.54) is 12.1 Å². The minimum Gasteiger partial charge on any atom is -0.375 e. The standard InChI is InChI=1S/C20H32ClN3O4S2/c1-5-6-9-22-14-23-29(25,26)17-7-8-18(21)19(11-17)30(27,28)24-16-10-15(2)12-20(3,4)13-16/h7-8,11,14-16,24H,5-6,9-10,12-13H2,1-4H3,(H,22,23). The van der Waals surface area contributed by atoms with Gasteiger partial charge in [-0.25, -0.2) is 13.1 Å². The number of nitrogens with one attached hydrogen (secondary N) is 2. The second kappa shape index (κ2) is 9.97. The maximum absolute atomic E-state index is 13.0. The van der Waals surface area contributed by atoms with Crippen molar-refractivity contribution in [2.24, 2.45) is 15.7 Å². The van der Waals surface area contributed by atoms with Crippen molar-refractivity contribution in [3.05, 3.63) is 23.2 Å². The first-order valence-electron chi connectivity index (χ1n) is 10.2. The highest BCUT2D eigenvalue weighted by Crippen LogP contribution is 2.39. The van der Waals surface area contributed by atoms with E-state index in [1.54, 1.807) is 0 Å². The molecule has 0 aromatic heterocycles. The Balaban J connectivity index is 2.25. The Labute approximate surface area is 185 Å². The number of sulfonamides is 2. The third-order valence-electron chi connectivity index (χ3n) is 5.16. The van der Waals surface area contributed by atoms with Gasteiger partial charge in [-0.2, -0.15) is 8.42 Å².